The maximum atomic E-state index is 10.1. The fraction of sp³-hybridized carbons (Fsp3) is 0.400. The molecule has 1 aliphatic rings. The molecule has 1 N–H and O–H groups in total. The highest BCUT2D eigenvalue weighted by molar-refractivity contribution is 6.99. The van der Waals surface area contributed by atoms with Crippen LogP contribution in [-0.2, 0) is 4.43 Å². The van der Waals surface area contributed by atoms with Gasteiger partial charge in [-0.25, -0.2) is 0 Å². The van der Waals surface area contributed by atoms with Crippen LogP contribution in [0.3, 0.4) is 0 Å². The van der Waals surface area contributed by atoms with E-state index < -0.39 is 8.32 Å². The first-order valence-corrected chi connectivity index (χ1v) is 10.3. The fourth-order valence-electron chi connectivity index (χ4n) is 3.51. The number of aliphatic hydroxyl groups excluding tert-OH is 1. The lowest BCUT2D eigenvalue weighted by molar-refractivity contribution is -0.0416. The molecule has 0 aromatic heterocycles. The van der Waals surface area contributed by atoms with Crippen molar-refractivity contribution < 1.29 is 9.53 Å². The van der Waals surface area contributed by atoms with Gasteiger partial charge in [0.25, 0.3) is 8.32 Å². The molecule has 0 aliphatic heterocycles. The largest absolute Gasteiger partial charge is 0.402 e. The van der Waals surface area contributed by atoms with Crippen molar-refractivity contribution in [1.82, 2.24) is 0 Å². The molecule has 2 aromatic rings. The Morgan fingerprint density at radius 3 is 1.65 bits per heavy atom. The zero-order valence-corrected chi connectivity index (χ0v) is 15.2. The monoisotopic (exact) mass is 326 g/mol. The average molecular weight is 327 g/mol. The van der Waals surface area contributed by atoms with Crippen molar-refractivity contribution in [2.45, 2.75) is 50.9 Å². The van der Waals surface area contributed by atoms with Gasteiger partial charge in [0, 0.05) is 0 Å². The van der Waals surface area contributed by atoms with E-state index in [0.717, 1.165) is 12.8 Å². The van der Waals surface area contributed by atoms with Crippen molar-refractivity contribution in [3.8, 4) is 0 Å². The van der Waals surface area contributed by atoms with Crippen molar-refractivity contribution in [2.24, 2.45) is 0 Å². The van der Waals surface area contributed by atoms with Crippen LogP contribution in [0.4, 0.5) is 0 Å². The van der Waals surface area contributed by atoms with Gasteiger partial charge < -0.3 is 9.53 Å². The molecule has 0 saturated heterocycles. The zero-order chi connectivity index (χ0) is 16.5. The summed E-state index contributed by atoms with van der Waals surface area (Å²) in [6.07, 6.45) is 1.44. The molecule has 1 saturated carbocycles. The average Bonchev–Trinajstić information content (AvgIpc) is 2.55. The lowest BCUT2D eigenvalue weighted by Gasteiger charge is -2.48. The molecule has 3 rings (SSSR count). The second kappa shape index (κ2) is 6.23. The summed E-state index contributed by atoms with van der Waals surface area (Å²) < 4.78 is 6.81. The summed E-state index contributed by atoms with van der Waals surface area (Å²) in [4.78, 5) is 0. The zero-order valence-electron chi connectivity index (χ0n) is 14.2. The van der Waals surface area contributed by atoms with Crippen molar-refractivity contribution in [2.75, 3.05) is 0 Å². The molecule has 0 radical (unpaired) electrons. The Morgan fingerprint density at radius 2 is 1.35 bits per heavy atom. The molecular formula is C20H26O2Si. The van der Waals surface area contributed by atoms with Gasteiger partial charge in [0.05, 0.1) is 12.2 Å². The number of benzene rings is 2. The first-order chi connectivity index (χ1) is 10.9. The Morgan fingerprint density at radius 1 is 0.870 bits per heavy atom. The second-order valence-corrected chi connectivity index (χ2v) is 11.7. The fourth-order valence-corrected chi connectivity index (χ4v) is 8.25. The van der Waals surface area contributed by atoms with Gasteiger partial charge in [-0.3, -0.25) is 0 Å². The maximum Gasteiger partial charge on any atom is 0.261 e. The number of rotatable bonds is 4. The highest BCUT2D eigenvalue weighted by Crippen LogP contribution is 2.40. The van der Waals surface area contributed by atoms with Gasteiger partial charge >= 0.3 is 0 Å². The molecule has 0 spiro atoms. The molecule has 122 valence electrons. The van der Waals surface area contributed by atoms with Gasteiger partial charge in [0.1, 0.15) is 0 Å². The number of hydrogen-bond acceptors (Lipinski definition) is 2. The maximum absolute atomic E-state index is 10.1. The molecule has 0 unspecified atom stereocenters. The Kier molecular flexibility index (Phi) is 4.45. The molecule has 1 aliphatic carbocycles. The standard InChI is InChI=1S/C20H26O2Si/c1-20(2,3)23(16-10-6-4-7-11-16,17-12-8-5-9-13-17)22-19-15-14-18(19)21/h4-13,18-19,21H,14-15H2,1-3H3/t18-,19-/m1/s1. The van der Waals surface area contributed by atoms with Crippen LogP contribution < -0.4 is 10.4 Å². The summed E-state index contributed by atoms with van der Waals surface area (Å²) >= 11 is 0. The molecule has 0 bridgehead atoms. The van der Waals surface area contributed by atoms with Gasteiger partial charge in [-0.15, -0.1) is 0 Å². The topological polar surface area (TPSA) is 29.5 Å². The smallest absolute Gasteiger partial charge is 0.261 e. The summed E-state index contributed by atoms with van der Waals surface area (Å²) in [7, 11) is -2.48. The van der Waals surface area contributed by atoms with Crippen LogP contribution in [0.1, 0.15) is 33.6 Å². The van der Waals surface area contributed by atoms with Crippen LogP contribution in [0, 0.1) is 0 Å². The van der Waals surface area contributed by atoms with Crippen LogP contribution in [0.5, 0.6) is 0 Å². The molecule has 0 amide bonds. The van der Waals surface area contributed by atoms with Crippen LogP contribution in [0.25, 0.3) is 0 Å². The van der Waals surface area contributed by atoms with Gasteiger partial charge in [0.15, 0.2) is 0 Å². The van der Waals surface area contributed by atoms with Crippen LogP contribution >= 0.6 is 0 Å². The lowest BCUT2D eigenvalue weighted by atomic mass is 9.93. The predicted octanol–water partition coefficient (Wildman–Crippen LogP) is 3.09. The Hall–Kier alpha value is -1.42. The van der Waals surface area contributed by atoms with Gasteiger partial charge in [0.2, 0.25) is 0 Å². The number of hydrogen-bond donors (Lipinski definition) is 1. The Labute approximate surface area is 140 Å². The normalized spacial score (nSPS) is 21.7. The quantitative estimate of drug-likeness (QED) is 0.875. The summed E-state index contributed by atoms with van der Waals surface area (Å²) in [5, 5.41) is 12.7. The van der Waals surface area contributed by atoms with E-state index in [1.807, 2.05) is 0 Å². The van der Waals surface area contributed by atoms with Gasteiger partial charge in [-0.2, -0.15) is 0 Å². The molecule has 2 atom stereocenters. The summed E-state index contributed by atoms with van der Waals surface area (Å²) in [6, 6.07) is 21.2. The minimum absolute atomic E-state index is 0.0228. The van der Waals surface area contributed by atoms with Crippen molar-refractivity contribution in [3.63, 3.8) is 0 Å². The SMILES string of the molecule is CC(C)(C)[Si](O[C@@H]1CC[C@H]1O)(c1ccccc1)c1ccccc1. The molecule has 1 fully saturated rings. The molecule has 0 heterocycles. The second-order valence-electron chi connectivity index (χ2n) is 7.46. The minimum atomic E-state index is -2.48. The van der Waals surface area contributed by atoms with Crippen LogP contribution in [0.15, 0.2) is 60.7 Å². The first kappa shape index (κ1) is 16.4. The summed E-state index contributed by atoms with van der Waals surface area (Å²) in [5.74, 6) is 0. The van der Waals surface area contributed by atoms with Crippen LogP contribution in [0.2, 0.25) is 5.04 Å². The van der Waals surface area contributed by atoms with Gasteiger partial charge in [-0.1, -0.05) is 81.4 Å². The minimum Gasteiger partial charge on any atom is -0.402 e. The summed E-state index contributed by atoms with van der Waals surface area (Å²) in [5.41, 5.74) is 0. The third kappa shape index (κ3) is 2.89. The molecular weight excluding hydrogens is 300 g/mol. The molecule has 2 aromatic carbocycles. The van der Waals surface area contributed by atoms with Crippen molar-refractivity contribution in [1.29, 1.82) is 0 Å². The van der Waals surface area contributed by atoms with E-state index in [4.69, 9.17) is 4.43 Å². The molecule has 23 heavy (non-hydrogen) atoms. The van der Waals surface area contributed by atoms with E-state index in [9.17, 15) is 5.11 Å². The van der Waals surface area contributed by atoms with E-state index in [2.05, 4.69) is 81.4 Å². The van der Waals surface area contributed by atoms with E-state index in [1.54, 1.807) is 0 Å². The Bertz CT molecular complexity index is 594. The van der Waals surface area contributed by atoms with Crippen molar-refractivity contribution >= 4 is 18.7 Å². The Balaban J connectivity index is 2.17. The molecule has 2 nitrogen and oxygen atoms in total. The third-order valence-electron chi connectivity index (χ3n) is 4.92. The lowest BCUT2D eigenvalue weighted by Crippen LogP contribution is -2.69. The van der Waals surface area contributed by atoms with E-state index in [-0.39, 0.29) is 17.2 Å². The van der Waals surface area contributed by atoms with E-state index in [1.165, 1.54) is 10.4 Å². The highest BCUT2D eigenvalue weighted by atomic mass is 28.4. The molecule has 3 heteroatoms. The van der Waals surface area contributed by atoms with Crippen LogP contribution in [-0.4, -0.2) is 25.6 Å². The van der Waals surface area contributed by atoms with E-state index >= 15 is 0 Å². The highest BCUT2D eigenvalue weighted by Gasteiger charge is 2.53. The van der Waals surface area contributed by atoms with E-state index in [0.29, 0.717) is 0 Å². The summed E-state index contributed by atoms with van der Waals surface area (Å²) in [6.45, 7) is 6.80. The predicted molar refractivity (Wildman–Crippen MR) is 97.7 cm³/mol. The van der Waals surface area contributed by atoms with Gasteiger partial charge in [-0.05, 0) is 28.3 Å². The van der Waals surface area contributed by atoms with Crippen molar-refractivity contribution in [3.05, 3.63) is 60.7 Å². The number of aliphatic hydroxyl groups is 1. The third-order valence-corrected chi connectivity index (χ3v) is 9.98. The first-order valence-electron chi connectivity index (χ1n) is 8.42.